The van der Waals surface area contributed by atoms with Gasteiger partial charge in [0.25, 0.3) is 0 Å². The molecule has 1 aliphatic rings. The Bertz CT molecular complexity index is 732. The molecule has 2 N–H and O–H groups in total. The van der Waals surface area contributed by atoms with Crippen molar-refractivity contribution in [2.45, 2.75) is 12.8 Å². The first-order valence-corrected chi connectivity index (χ1v) is 9.26. The van der Waals surface area contributed by atoms with Gasteiger partial charge in [0.05, 0.1) is 10.2 Å². The van der Waals surface area contributed by atoms with Crippen LogP contribution in [0.2, 0.25) is 0 Å². The molecule has 0 saturated carbocycles. The molecule has 7 heteroatoms. The highest BCUT2D eigenvalue weighted by molar-refractivity contribution is 7.22. The summed E-state index contributed by atoms with van der Waals surface area (Å²) in [5.74, 6) is -0.788. The standard InChI is InChI=1S/C18H22N4O2S/c1-2-9-19-16(23)17(24)20-12-13-7-10-22(11-8-13)18-21-14-5-3-4-6-15(14)25-18/h2-6,13H,1,7-12H2,(H,19,23)(H,20,24). The van der Waals surface area contributed by atoms with Gasteiger partial charge in [-0.3, -0.25) is 9.59 Å². The van der Waals surface area contributed by atoms with Crippen LogP contribution >= 0.6 is 11.3 Å². The van der Waals surface area contributed by atoms with Crippen LogP contribution in [0.5, 0.6) is 0 Å². The van der Waals surface area contributed by atoms with Crippen molar-refractivity contribution in [2.24, 2.45) is 5.92 Å². The van der Waals surface area contributed by atoms with Crippen LogP contribution in [0.1, 0.15) is 12.8 Å². The summed E-state index contributed by atoms with van der Waals surface area (Å²) < 4.78 is 1.21. The number of hydrogen-bond donors (Lipinski definition) is 2. The molecule has 0 atom stereocenters. The number of hydrogen-bond acceptors (Lipinski definition) is 5. The van der Waals surface area contributed by atoms with E-state index in [1.165, 1.54) is 4.70 Å². The lowest BCUT2D eigenvalue weighted by molar-refractivity contribution is -0.139. The van der Waals surface area contributed by atoms with Gasteiger partial charge in [0.1, 0.15) is 0 Å². The molecule has 3 rings (SSSR count). The smallest absolute Gasteiger partial charge is 0.309 e. The van der Waals surface area contributed by atoms with Crippen molar-refractivity contribution in [3.05, 3.63) is 36.9 Å². The zero-order chi connectivity index (χ0) is 17.6. The van der Waals surface area contributed by atoms with Crippen molar-refractivity contribution >= 4 is 38.5 Å². The summed E-state index contributed by atoms with van der Waals surface area (Å²) >= 11 is 1.72. The minimum atomic E-state index is -0.605. The van der Waals surface area contributed by atoms with E-state index >= 15 is 0 Å². The van der Waals surface area contributed by atoms with Crippen molar-refractivity contribution in [3.63, 3.8) is 0 Å². The highest BCUT2D eigenvalue weighted by atomic mass is 32.1. The van der Waals surface area contributed by atoms with Crippen LogP contribution in [-0.4, -0.2) is 43.0 Å². The van der Waals surface area contributed by atoms with Crippen LogP contribution in [0.15, 0.2) is 36.9 Å². The molecule has 25 heavy (non-hydrogen) atoms. The Morgan fingerprint density at radius 1 is 1.24 bits per heavy atom. The summed E-state index contributed by atoms with van der Waals surface area (Å²) in [5, 5.41) is 6.26. The molecule has 1 aromatic carbocycles. The maximum absolute atomic E-state index is 11.7. The molecule has 6 nitrogen and oxygen atoms in total. The van der Waals surface area contributed by atoms with E-state index in [1.807, 2.05) is 18.2 Å². The monoisotopic (exact) mass is 358 g/mol. The zero-order valence-corrected chi connectivity index (χ0v) is 14.8. The molecule has 0 aliphatic carbocycles. The molecular weight excluding hydrogens is 336 g/mol. The first kappa shape index (κ1) is 17.4. The SMILES string of the molecule is C=CCNC(=O)C(=O)NCC1CCN(c2nc3ccccc3s2)CC1. The predicted molar refractivity (Wildman–Crippen MR) is 101 cm³/mol. The minimum absolute atomic E-state index is 0.298. The molecule has 2 aromatic rings. The van der Waals surface area contributed by atoms with E-state index in [9.17, 15) is 9.59 Å². The normalized spacial score (nSPS) is 15.1. The van der Waals surface area contributed by atoms with E-state index < -0.39 is 11.8 Å². The number of nitrogens with zero attached hydrogens (tertiary/aromatic N) is 2. The topological polar surface area (TPSA) is 74.3 Å². The quantitative estimate of drug-likeness (QED) is 0.633. The molecule has 0 spiro atoms. The van der Waals surface area contributed by atoms with Crippen LogP contribution in [0.3, 0.4) is 0 Å². The van der Waals surface area contributed by atoms with Gasteiger partial charge in [0.2, 0.25) is 0 Å². The van der Waals surface area contributed by atoms with E-state index in [-0.39, 0.29) is 0 Å². The minimum Gasteiger partial charge on any atom is -0.348 e. The zero-order valence-electron chi connectivity index (χ0n) is 14.0. The molecule has 2 amide bonds. The third-order valence-electron chi connectivity index (χ3n) is 4.33. The molecule has 132 valence electrons. The summed E-state index contributed by atoms with van der Waals surface area (Å²) in [7, 11) is 0. The molecule has 1 saturated heterocycles. The molecule has 1 fully saturated rings. The van der Waals surface area contributed by atoms with Crippen LogP contribution in [0.25, 0.3) is 10.2 Å². The average molecular weight is 358 g/mol. The number of rotatable bonds is 5. The fourth-order valence-electron chi connectivity index (χ4n) is 2.89. The van der Waals surface area contributed by atoms with Crippen molar-refractivity contribution < 1.29 is 9.59 Å². The number of carbonyl (C=O) groups excluding carboxylic acids is 2. The second-order valence-electron chi connectivity index (χ2n) is 6.10. The molecule has 1 aliphatic heterocycles. The Balaban J connectivity index is 1.46. The summed E-state index contributed by atoms with van der Waals surface area (Å²) in [6, 6.07) is 8.17. The van der Waals surface area contributed by atoms with Crippen LogP contribution in [-0.2, 0) is 9.59 Å². The van der Waals surface area contributed by atoms with Gasteiger partial charge < -0.3 is 15.5 Å². The molecule has 2 heterocycles. The Morgan fingerprint density at radius 2 is 1.96 bits per heavy atom. The molecule has 0 unspecified atom stereocenters. The predicted octanol–water partition coefficient (Wildman–Crippen LogP) is 1.93. The van der Waals surface area contributed by atoms with E-state index in [0.717, 1.165) is 36.6 Å². The molecule has 0 bridgehead atoms. The maximum Gasteiger partial charge on any atom is 0.309 e. The Hall–Kier alpha value is -2.41. The van der Waals surface area contributed by atoms with Gasteiger partial charge in [0.15, 0.2) is 5.13 Å². The highest BCUT2D eigenvalue weighted by Crippen LogP contribution is 2.31. The van der Waals surface area contributed by atoms with Crippen LogP contribution < -0.4 is 15.5 Å². The van der Waals surface area contributed by atoms with Gasteiger partial charge in [-0.25, -0.2) is 4.98 Å². The largest absolute Gasteiger partial charge is 0.348 e. The van der Waals surface area contributed by atoms with E-state index in [2.05, 4.69) is 28.2 Å². The molecular formula is C18H22N4O2S. The second kappa shape index (κ2) is 8.11. The van der Waals surface area contributed by atoms with Crippen molar-refractivity contribution in [1.29, 1.82) is 0 Å². The van der Waals surface area contributed by atoms with Gasteiger partial charge in [-0.1, -0.05) is 29.5 Å². The van der Waals surface area contributed by atoms with E-state index in [1.54, 1.807) is 17.4 Å². The number of thiazole rings is 1. The number of para-hydroxylation sites is 1. The number of aromatic nitrogens is 1. The fourth-order valence-corrected chi connectivity index (χ4v) is 3.90. The molecule has 1 aromatic heterocycles. The third-order valence-corrected chi connectivity index (χ3v) is 5.43. The van der Waals surface area contributed by atoms with Gasteiger partial charge in [0, 0.05) is 26.2 Å². The fraction of sp³-hybridized carbons (Fsp3) is 0.389. The first-order chi connectivity index (χ1) is 12.2. The lowest BCUT2D eigenvalue weighted by Gasteiger charge is -2.31. The summed E-state index contributed by atoms with van der Waals surface area (Å²) in [5.41, 5.74) is 1.04. The summed E-state index contributed by atoms with van der Waals surface area (Å²) in [4.78, 5) is 30.2. The van der Waals surface area contributed by atoms with E-state index in [4.69, 9.17) is 4.98 Å². The van der Waals surface area contributed by atoms with Crippen LogP contribution in [0.4, 0.5) is 5.13 Å². The summed E-state index contributed by atoms with van der Waals surface area (Å²) in [6.07, 6.45) is 3.50. The van der Waals surface area contributed by atoms with Gasteiger partial charge in [-0.15, -0.1) is 6.58 Å². The summed E-state index contributed by atoms with van der Waals surface area (Å²) in [6.45, 7) is 6.18. The Morgan fingerprint density at radius 3 is 2.68 bits per heavy atom. The van der Waals surface area contributed by atoms with Crippen molar-refractivity contribution in [2.75, 3.05) is 31.1 Å². The van der Waals surface area contributed by atoms with Crippen LogP contribution in [0, 0.1) is 5.92 Å². The molecule has 0 radical (unpaired) electrons. The van der Waals surface area contributed by atoms with Gasteiger partial charge in [-0.2, -0.15) is 0 Å². The highest BCUT2D eigenvalue weighted by Gasteiger charge is 2.23. The van der Waals surface area contributed by atoms with Gasteiger partial charge >= 0.3 is 11.8 Å². The number of benzene rings is 1. The lowest BCUT2D eigenvalue weighted by atomic mass is 9.97. The number of anilines is 1. The second-order valence-corrected chi connectivity index (χ2v) is 7.11. The maximum atomic E-state index is 11.7. The number of piperidine rings is 1. The Kier molecular flexibility index (Phi) is 5.65. The number of carbonyl (C=O) groups is 2. The average Bonchev–Trinajstić information content (AvgIpc) is 3.08. The lowest BCUT2D eigenvalue weighted by Crippen LogP contribution is -2.43. The number of amides is 2. The van der Waals surface area contributed by atoms with Gasteiger partial charge in [-0.05, 0) is 30.9 Å². The number of fused-ring (bicyclic) bond motifs is 1. The number of nitrogens with one attached hydrogen (secondary N) is 2. The van der Waals surface area contributed by atoms with Crippen molar-refractivity contribution in [1.82, 2.24) is 15.6 Å². The third kappa shape index (κ3) is 4.36. The van der Waals surface area contributed by atoms with E-state index in [0.29, 0.717) is 19.0 Å². The van der Waals surface area contributed by atoms with Crippen molar-refractivity contribution in [3.8, 4) is 0 Å². The first-order valence-electron chi connectivity index (χ1n) is 8.45. The Labute approximate surface area is 150 Å².